The molecule has 3 aliphatic rings. The summed E-state index contributed by atoms with van der Waals surface area (Å²) in [7, 11) is 3.43. The molecule has 194 valence electrons. The number of aromatic nitrogens is 3. The fourth-order valence-electron chi connectivity index (χ4n) is 6.98. The lowest BCUT2D eigenvalue weighted by atomic mass is 9.84. The van der Waals surface area contributed by atoms with E-state index in [1.165, 1.54) is 16.9 Å². The lowest BCUT2D eigenvalue weighted by Gasteiger charge is -2.56. The van der Waals surface area contributed by atoms with Crippen molar-refractivity contribution in [1.29, 1.82) is 0 Å². The Morgan fingerprint density at radius 1 is 1.22 bits per heavy atom. The van der Waals surface area contributed by atoms with Crippen LogP contribution in [-0.4, -0.2) is 62.3 Å². The quantitative estimate of drug-likeness (QED) is 0.534. The summed E-state index contributed by atoms with van der Waals surface area (Å²) in [5, 5.41) is 31.9. The minimum absolute atomic E-state index is 0.0420. The molecule has 2 N–H and O–H groups in total. The van der Waals surface area contributed by atoms with Crippen molar-refractivity contribution in [3.05, 3.63) is 62.5 Å². The maximum atomic E-state index is 14.1. The molecule has 4 atom stereocenters. The van der Waals surface area contributed by atoms with Crippen molar-refractivity contribution in [1.82, 2.24) is 19.8 Å². The van der Waals surface area contributed by atoms with Gasteiger partial charge in [0.15, 0.2) is 16.5 Å². The second-order valence-corrected chi connectivity index (χ2v) is 11.2. The molecule has 2 unspecified atom stereocenters. The van der Waals surface area contributed by atoms with Crippen LogP contribution in [-0.2, 0) is 6.42 Å². The number of nitrogens with zero attached hydrogens (tertiary/aromatic N) is 5. The third-order valence-electron chi connectivity index (χ3n) is 8.92. The van der Waals surface area contributed by atoms with Gasteiger partial charge in [0.2, 0.25) is 5.43 Å². The Morgan fingerprint density at radius 3 is 2.65 bits per heavy atom. The number of halogens is 2. The summed E-state index contributed by atoms with van der Waals surface area (Å²) in [5.41, 5.74) is -2.01. The summed E-state index contributed by atoms with van der Waals surface area (Å²) in [6, 6.07) is 3.27. The third-order valence-corrected chi connectivity index (χ3v) is 9.88. The van der Waals surface area contributed by atoms with Crippen molar-refractivity contribution >= 4 is 17.2 Å². The van der Waals surface area contributed by atoms with Crippen LogP contribution in [0.1, 0.15) is 40.8 Å². The van der Waals surface area contributed by atoms with E-state index in [0.29, 0.717) is 11.4 Å². The van der Waals surface area contributed by atoms with Crippen LogP contribution in [0.3, 0.4) is 0 Å². The summed E-state index contributed by atoms with van der Waals surface area (Å²) < 4.78 is 28.9. The fourth-order valence-corrected chi connectivity index (χ4v) is 7.85. The molecule has 6 rings (SSSR count). The topological polar surface area (TPSA) is 112 Å². The zero-order valence-electron chi connectivity index (χ0n) is 20.4. The zero-order valence-corrected chi connectivity index (χ0v) is 21.2. The maximum absolute atomic E-state index is 14.1. The molecular weight excluding hydrogens is 504 g/mol. The number of amides is 1. The Labute approximate surface area is 214 Å². The molecule has 12 heteroatoms. The van der Waals surface area contributed by atoms with Gasteiger partial charge in [-0.05, 0) is 36.3 Å². The summed E-state index contributed by atoms with van der Waals surface area (Å²) in [6.07, 6.45) is 3.00. The van der Waals surface area contributed by atoms with Crippen LogP contribution in [0.15, 0.2) is 29.2 Å². The Hall–Kier alpha value is -3.38. The molecular formula is C25H25F2N5O4S. The van der Waals surface area contributed by atoms with Crippen LogP contribution in [0.25, 0.3) is 10.6 Å². The first-order valence-corrected chi connectivity index (χ1v) is 12.8. The van der Waals surface area contributed by atoms with E-state index in [4.69, 9.17) is 0 Å². The molecule has 1 amide bonds. The molecule has 1 aliphatic heterocycles. The van der Waals surface area contributed by atoms with Crippen molar-refractivity contribution in [2.24, 2.45) is 17.3 Å². The highest BCUT2D eigenvalue weighted by molar-refractivity contribution is 7.14. The van der Waals surface area contributed by atoms with E-state index in [1.807, 2.05) is 5.01 Å². The minimum Gasteiger partial charge on any atom is -0.502 e. The van der Waals surface area contributed by atoms with Crippen molar-refractivity contribution < 1.29 is 23.8 Å². The van der Waals surface area contributed by atoms with Gasteiger partial charge in [-0.3, -0.25) is 19.3 Å². The van der Waals surface area contributed by atoms with Crippen LogP contribution in [0.4, 0.5) is 8.78 Å². The van der Waals surface area contributed by atoms with Gasteiger partial charge in [0.05, 0.1) is 12.2 Å². The van der Waals surface area contributed by atoms with Gasteiger partial charge < -0.3 is 15.1 Å². The van der Waals surface area contributed by atoms with Crippen LogP contribution in [0.5, 0.6) is 5.75 Å². The van der Waals surface area contributed by atoms with Gasteiger partial charge in [-0.15, -0.1) is 10.2 Å². The van der Waals surface area contributed by atoms with Gasteiger partial charge in [-0.1, -0.05) is 24.3 Å². The number of carbonyl (C=O) groups is 1. The average Bonchev–Trinajstić information content (AvgIpc) is 3.19. The van der Waals surface area contributed by atoms with Crippen molar-refractivity contribution in [2.75, 3.05) is 25.7 Å². The van der Waals surface area contributed by atoms with E-state index in [1.54, 1.807) is 19.0 Å². The first-order chi connectivity index (χ1) is 17.6. The van der Waals surface area contributed by atoms with Crippen LogP contribution in [0, 0.1) is 28.9 Å². The number of hydrogen-bond donors (Lipinski definition) is 2. The van der Waals surface area contributed by atoms with Gasteiger partial charge in [-0.2, -0.15) is 0 Å². The summed E-state index contributed by atoms with van der Waals surface area (Å²) in [4.78, 5) is 28.3. The Bertz CT molecular complexity index is 1530. The molecule has 1 aromatic carbocycles. The van der Waals surface area contributed by atoms with Gasteiger partial charge in [0, 0.05) is 38.2 Å². The fraction of sp³-hybridized carbons (Fsp3) is 0.440. The lowest BCUT2D eigenvalue weighted by molar-refractivity contribution is -0.0128. The van der Waals surface area contributed by atoms with E-state index >= 15 is 0 Å². The number of rotatable bonds is 4. The van der Waals surface area contributed by atoms with E-state index in [0.717, 1.165) is 29.9 Å². The van der Waals surface area contributed by atoms with Crippen LogP contribution in [0.2, 0.25) is 0 Å². The predicted molar refractivity (Wildman–Crippen MR) is 131 cm³/mol. The highest BCUT2D eigenvalue weighted by atomic mass is 32.1. The molecule has 37 heavy (non-hydrogen) atoms. The monoisotopic (exact) mass is 529 g/mol. The van der Waals surface area contributed by atoms with E-state index in [-0.39, 0.29) is 46.7 Å². The first-order valence-electron chi connectivity index (χ1n) is 12.0. The molecule has 0 radical (unpaired) electrons. The smallest absolute Gasteiger partial charge is 0.278 e. The number of hydrogen-bond acceptors (Lipinski definition) is 8. The number of fused-ring (bicyclic) bond motifs is 3. The highest BCUT2D eigenvalue weighted by Gasteiger charge is 2.79. The van der Waals surface area contributed by atoms with Crippen LogP contribution >= 0.6 is 11.3 Å². The SMILES string of the molecule is C[C@H]1C2CCC3(N(C)C(=O)c4c(O)c(=O)c(-c5nnc(Cc6ccc(F)cc6F)s5)cn4N3C)[C@]21CO. The molecule has 0 saturated heterocycles. The number of carbonyl (C=O) groups excluding carboxylic acids is 1. The Balaban J connectivity index is 1.43. The zero-order chi connectivity index (χ0) is 26.4. The van der Waals surface area contributed by atoms with E-state index < -0.39 is 39.8 Å². The second kappa shape index (κ2) is 7.81. The highest BCUT2D eigenvalue weighted by Crippen LogP contribution is 2.74. The second-order valence-electron chi connectivity index (χ2n) is 10.2. The largest absolute Gasteiger partial charge is 0.502 e. The molecule has 3 heterocycles. The third kappa shape index (κ3) is 2.90. The number of pyridine rings is 1. The van der Waals surface area contributed by atoms with Gasteiger partial charge in [0.1, 0.15) is 22.3 Å². The standard InChI is InChI=1S/C25H25F2N5O4S/c1-12-16-6-7-25(24(12,16)11-33)30(2)23(36)19-21(35)20(34)15(10-32(19)31(25)3)22-29-28-18(37-22)8-13-4-5-14(26)9-17(13)27/h4-5,9-10,12,16,33,35H,6-8,11H2,1-3H3/t12-,16?,24-,25?/m0/s1. The van der Waals surface area contributed by atoms with E-state index in [2.05, 4.69) is 17.1 Å². The molecule has 2 aromatic heterocycles. The number of benzene rings is 1. The predicted octanol–water partition coefficient (Wildman–Crippen LogP) is 2.33. The molecule has 0 bridgehead atoms. The number of aliphatic hydroxyl groups excluding tert-OH is 1. The normalized spacial score (nSPS) is 28.1. The summed E-state index contributed by atoms with van der Waals surface area (Å²) in [5.74, 6) is -2.13. The van der Waals surface area contributed by atoms with Gasteiger partial charge in [-0.25, -0.2) is 8.78 Å². The average molecular weight is 530 g/mol. The maximum Gasteiger partial charge on any atom is 0.278 e. The molecule has 2 aliphatic carbocycles. The lowest BCUT2D eigenvalue weighted by Crippen LogP contribution is -2.72. The molecule has 3 aromatic rings. The van der Waals surface area contributed by atoms with Crippen molar-refractivity contribution in [2.45, 2.75) is 31.8 Å². The van der Waals surface area contributed by atoms with Crippen LogP contribution < -0.4 is 10.4 Å². The summed E-state index contributed by atoms with van der Waals surface area (Å²) >= 11 is 1.05. The first kappa shape index (κ1) is 24.0. The number of aromatic hydroxyl groups is 1. The Kier molecular flexibility index (Phi) is 5.06. The van der Waals surface area contributed by atoms with Crippen molar-refractivity contribution in [3.8, 4) is 16.3 Å². The Morgan fingerprint density at radius 2 is 1.97 bits per heavy atom. The minimum atomic E-state index is -0.832. The molecule has 2 fully saturated rings. The number of aliphatic hydroxyl groups is 1. The van der Waals surface area contributed by atoms with Crippen molar-refractivity contribution in [3.63, 3.8) is 0 Å². The van der Waals surface area contributed by atoms with Gasteiger partial charge in [0.25, 0.3) is 5.91 Å². The van der Waals surface area contributed by atoms with Gasteiger partial charge >= 0.3 is 0 Å². The summed E-state index contributed by atoms with van der Waals surface area (Å²) in [6.45, 7) is 1.99. The molecule has 9 nitrogen and oxygen atoms in total. The molecule has 2 saturated carbocycles. The van der Waals surface area contributed by atoms with E-state index in [9.17, 15) is 28.6 Å². The molecule has 1 spiro atoms.